The molecule has 5 nitrogen and oxygen atoms in total. The first kappa shape index (κ1) is 15.9. The summed E-state index contributed by atoms with van der Waals surface area (Å²) in [6.45, 7) is 4.00. The van der Waals surface area contributed by atoms with Crippen molar-refractivity contribution in [2.45, 2.75) is 19.9 Å². The van der Waals surface area contributed by atoms with Crippen LogP contribution in [-0.2, 0) is 10.0 Å². The van der Waals surface area contributed by atoms with Gasteiger partial charge in [-0.25, -0.2) is 17.5 Å². The van der Waals surface area contributed by atoms with Gasteiger partial charge in [-0.05, 0) is 25.1 Å². The monoisotopic (exact) mass is 290 g/mol. The van der Waals surface area contributed by atoms with Gasteiger partial charge in [-0.3, -0.25) is 0 Å². The van der Waals surface area contributed by atoms with E-state index in [9.17, 15) is 17.9 Å². The third-order valence-corrected chi connectivity index (χ3v) is 4.11. The normalized spacial score (nSPS) is 13.4. The van der Waals surface area contributed by atoms with Crippen molar-refractivity contribution >= 4 is 10.0 Å². The summed E-state index contributed by atoms with van der Waals surface area (Å²) in [6.07, 6.45) is 0. The van der Waals surface area contributed by atoms with Crippen LogP contribution in [0.25, 0.3) is 0 Å². The van der Waals surface area contributed by atoms with Gasteiger partial charge in [0.25, 0.3) is 0 Å². The lowest BCUT2D eigenvalue weighted by Crippen LogP contribution is -2.32. The molecule has 19 heavy (non-hydrogen) atoms. The maximum absolute atomic E-state index is 13.1. The second-order valence-corrected chi connectivity index (χ2v) is 6.12. The number of phenolic OH excluding ortho intramolecular Hbond substituents is 1. The molecule has 0 saturated heterocycles. The summed E-state index contributed by atoms with van der Waals surface area (Å²) in [5.74, 6) is -0.529. The van der Waals surface area contributed by atoms with Crippen molar-refractivity contribution in [2.75, 3.05) is 18.8 Å². The van der Waals surface area contributed by atoms with Crippen molar-refractivity contribution in [1.82, 2.24) is 10.0 Å². The van der Waals surface area contributed by atoms with Gasteiger partial charge < -0.3 is 10.4 Å². The maximum atomic E-state index is 13.1. The quantitative estimate of drug-likeness (QED) is 0.703. The highest BCUT2D eigenvalue weighted by Gasteiger charge is 2.13. The van der Waals surface area contributed by atoms with Gasteiger partial charge >= 0.3 is 0 Å². The SMILES string of the molecule is CCNS(=O)(=O)CCNC(C)c1cc(F)ccc1O. The summed E-state index contributed by atoms with van der Waals surface area (Å²) in [7, 11) is -3.28. The smallest absolute Gasteiger partial charge is 0.212 e. The third-order valence-electron chi connectivity index (χ3n) is 2.64. The zero-order chi connectivity index (χ0) is 14.5. The lowest BCUT2D eigenvalue weighted by atomic mass is 10.1. The molecule has 0 aliphatic rings. The number of sulfonamides is 1. The molecule has 1 unspecified atom stereocenters. The fourth-order valence-corrected chi connectivity index (χ4v) is 2.65. The maximum Gasteiger partial charge on any atom is 0.212 e. The second kappa shape index (κ2) is 6.83. The Morgan fingerprint density at radius 1 is 1.42 bits per heavy atom. The Morgan fingerprint density at radius 3 is 2.74 bits per heavy atom. The van der Waals surface area contributed by atoms with E-state index in [1.165, 1.54) is 18.2 Å². The van der Waals surface area contributed by atoms with E-state index < -0.39 is 15.8 Å². The molecule has 0 aromatic heterocycles. The van der Waals surface area contributed by atoms with Gasteiger partial charge in [-0.2, -0.15) is 0 Å². The van der Waals surface area contributed by atoms with Gasteiger partial charge in [0.2, 0.25) is 10.0 Å². The van der Waals surface area contributed by atoms with Crippen LogP contribution in [0.5, 0.6) is 5.75 Å². The molecule has 1 aromatic rings. The summed E-state index contributed by atoms with van der Waals surface area (Å²) in [5, 5.41) is 12.5. The van der Waals surface area contributed by atoms with E-state index in [-0.39, 0.29) is 24.1 Å². The molecular weight excluding hydrogens is 271 g/mol. The van der Waals surface area contributed by atoms with Crippen molar-refractivity contribution in [2.24, 2.45) is 0 Å². The first-order valence-electron chi connectivity index (χ1n) is 6.05. The van der Waals surface area contributed by atoms with Gasteiger partial charge in [0.1, 0.15) is 11.6 Å². The molecule has 0 radical (unpaired) electrons. The van der Waals surface area contributed by atoms with E-state index in [0.717, 1.165) is 0 Å². The third kappa shape index (κ3) is 5.14. The first-order valence-corrected chi connectivity index (χ1v) is 7.70. The van der Waals surface area contributed by atoms with Crippen molar-refractivity contribution in [1.29, 1.82) is 0 Å². The van der Waals surface area contributed by atoms with E-state index in [4.69, 9.17) is 0 Å². The Bertz CT molecular complexity index is 520. The Morgan fingerprint density at radius 2 is 2.11 bits per heavy atom. The largest absolute Gasteiger partial charge is 0.508 e. The number of aromatic hydroxyl groups is 1. The fraction of sp³-hybridized carbons (Fsp3) is 0.500. The lowest BCUT2D eigenvalue weighted by molar-refractivity contribution is 0.451. The topological polar surface area (TPSA) is 78.4 Å². The van der Waals surface area contributed by atoms with Crippen molar-refractivity contribution in [3.8, 4) is 5.75 Å². The number of phenols is 1. The summed E-state index contributed by atoms with van der Waals surface area (Å²) < 4.78 is 38.3. The standard InChI is InChI=1S/C12H19FN2O3S/c1-3-15-19(17,18)7-6-14-9(2)11-8-10(13)4-5-12(11)16/h4-5,8-9,14-16H,3,6-7H2,1-2H3. The summed E-state index contributed by atoms with van der Waals surface area (Å²) >= 11 is 0. The van der Waals surface area contributed by atoms with Crippen LogP contribution < -0.4 is 10.0 Å². The Hall–Kier alpha value is -1.18. The van der Waals surface area contributed by atoms with Crippen LogP contribution >= 0.6 is 0 Å². The Labute approximate surface area is 112 Å². The minimum Gasteiger partial charge on any atom is -0.508 e. The molecule has 0 aliphatic heterocycles. The molecule has 0 spiro atoms. The molecule has 0 amide bonds. The van der Waals surface area contributed by atoms with E-state index in [1.54, 1.807) is 13.8 Å². The Kier molecular flexibility index (Phi) is 5.71. The fourth-order valence-electron chi connectivity index (χ4n) is 1.68. The van der Waals surface area contributed by atoms with Crippen LogP contribution in [0, 0.1) is 5.82 Å². The number of hydrogen-bond donors (Lipinski definition) is 3. The first-order chi connectivity index (χ1) is 8.85. The second-order valence-electron chi connectivity index (χ2n) is 4.20. The number of rotatable bonds is 7. The van der Waals surface area contributed by atoms with Gasteiger partial charge in [-0.15, -0.1) is 0 Å². The highest BCUT2D eigenvalue weighted by molar-refractivity contribution is 7.89. The number of hydrogen-bond acceptors (Lipinski definition) is 4. The van der Waals surface area contributed by atoms with Gasteiger partial charge in [0.15, 0.2) is 0 Å². The molecule has 0 saturated carbocycles. The van der Waals surface area contributed by atoms with Crippen molar-refractivity contribution < 1.29 is 17.9 Å². The Balaban J connectivity index is 2.56. The van der Waals surface area contributed by atoms with Gasteiger partial charge in [0, 0.05) is 24.7 Å². The average Bonchev–Trinajstić information content (AvgIpc) is 2.31. The molecule has 3 N–H and O–H groups in total. The van der Waals surface area contributed by atoms with Crippen molar-refractivity contribution in [3.05, 3.63) is 29.6 Å². The van der Waals surface area contributed by atoms with Crippen LogP contribution in [0.2, 0.25) is 0 Å². The van der Waals surface area contributed by atoms with Crippen LogP contribution in [-0.4, -0.2) is 32.4 Å². The molecule has 108 valence electrons. The molecule has 0 aliphatic carbocycles. The molecule has 1 aromatic carbocycles. The molecule has 7 heteroatoms. The molecule has 0 fully saturated rings. The van der Waals surface area contributed by atoms with Crippen LogP contribution in [0.15, 0.2) is 18.2 Å². The van der Waals surface area contributed by atoms with Gasteiger partial charge in [0.05, 0.1) is 5.75 Å². The van der Waals surface area contributed by atoms with Crippen LogP contribution in [0.4, 0.5) is 4.39 Å². The molecular formula is C12H19FN2O3S. The number of halogens is 1. The predicted octanol–water partition coefficient (Wildman–Crippen LogP) is 1.12. The van der Waals surface area contributed by atoms with Crippen molar-refractivity contribution in [3.63, 3.8) is 0 Å². The van der Waals surface area contributed by atoms with E-state index in [0.29, 0.717) is 12.1 Å². The summed E-state index contributed by atoms with van der Waals surface area (Å²) in [5.41, 5.74) is 0.404. The average molecular weight is 290 g/mol. The van der Waals surface area contributed by atoms with Crippen LogP contribution in [0.3, 0.4) is 0 Å². The van der Waals surface area contributed by atoms with E-state index >= 15 is 0 Å². The minimum absolute atomic E-state index is 0.0176. The van der Waals surface area contributed by atoms with Gasteiger partial charge in [-0.1, -0.05) is 6.92 Å². The predicted molar refractivity (Wildman–Crippen MR) is 71.9 cm³/mol. The lowest BCUT2D eigenvalue weighted by Gasteiger charge is -2.15. The zero-order valence-corrected chi connectivity index (χ0v) is 11.8. The minimum atomic E-state index is -3.28. The molecule has 1 atom stereocenters. The van der Waals surface area contributed by atoms with E-state index in [1.807, 2.05) is 0 Å². The zero-order valence-electron chi connectivity index (χ0n) is 11.0. The highest BCUT2D eigenvalue weighted by atomic mass is 32.2. The highest BCUT2D eigenvalue weighted by Crippen LogP contribution is 2.24. The summed E-state index contributed by atoms with van der Waals surface area (Å²) in [6, 6.07) is 3.33. The molecule has 0 bridgehead atoms. The number of benzene rings is 1. The van der Waals surface area contributed by atoms with E-state index in [2.05, 4.69) is 10.0 Å². The molecule has 0 heterocycles. The summed E-state index contributed by atoms with van der Waals surface area (Å²) in [4.78, 5) is 0. The molecule has 1 rings (SSSR count). The number of nitrogens with one attached hydrogen (secondary N) is 2. The van der Waals surface area contributed by atoms with Crippen LogP contribution in [0.1, 0.15) is 25.5 Å².